The fourth-order valence-electron chi connectivity index (χ4n) is 4.63. The third kappa shape index (κ3) is 3.70. The first kappa shape index (κ1) is 20.1. The number of ether oxygens (including phenoxy) is 3. The molecule has 0 radical (unpaired) electrons. The van der Waals surface area contributed by atoms with Gasteiger partial charge in [-0.15, -0.1) is 0 Å². The van der Waals surface area contributed by atoms with Gasteiger partial charge in [-0.25, -0.2) is 9.97 Å². The van der Waals surface area contributed by atoms with Crippen LogP contribution in [0.5, 0.6) is 17.2 Å². The summed E-state index contributed by atoms with van der Waals surface area (Å²) in [6.45, 7) is 4.75. The van der Waals surface area contributed by atoms with Crippen molar-refractivity contribution in [3.05, 3.63) is 53.7 Å². The van der Waals surface area contributed by atoms with Crippen LogP contribution in [-0.4, -0.2) is 41.9 Å². The van der Waals surface area contributed by atoms with Gasteiger partial charge in [-0.2, -0.15) is 0 Å². The maximum atomic E-state index is 6.04. The molecule has 0 unspecified atom stereocenters. The van der Waals surface area contributed by atoms with Crippen LogP contribution in [-0.2, 0) is 6.54 Å². The van der Waals surface area contributed by atoms with E-state index < -0.39 is 0 Å². The molecule has 0 saturated carbocycles. The standard InChI is InChI=1S/C25H25N3O5/c1-15-19(27-25(32-15)17-10-21(29-2)23-22(11-17)30-14-31-23)13-28-9-5-6-16(12-28)24-26-18-7-3-4-8-20(18)33-24/h3-4,7-8,10-11,16H,5-6,9,12-14H2,1-2H3/t16-/m1/s1. The Morgan fingerprint density at radius 2 is 2.03 bits per heavy atom. The van der Waals surface area contributed by atoms with Gasteiger partial charge >= 0.3 is 0 Å². The molecule has 0 amide bonds. The number of piperidine rings is 1. The number of nitrogens with zero attached hydrogens (tertiary/aromatic N) is 3. The third-order valence-electron chi connectivity index (χ3n) is 6.34. The zero-order valence-electron chi connectivity index (χ0n) is 18.7. The van der Waals surface area contributed by atoms with Crippen molar-refractivity contribution in [2.45, 2.75) is 32.2 Å². The molecule has 33 heavy (non-hydrogen) atoms. The zero-order valence-corrected chi connectivity index (χ0v) is 18.7. The molecule has 4 aromatic rings. The first-order valence-corrected chi connectivity index (χ1v) is 11.2. The topological polar surface area (TPSA) is 83.0 Å². The maximum Gasteiger partial charge on any atom is 0.231 e. The van der Waals surface area contributed by atoms with E-state index in [4.69, 9.17) is 33.0 Å². The van der Waals surface area contributed by atoms with Crippen LogP contribution in [0, 0.1) is 6.92 Å². The fraction of sp³-hybridized carbons (Fsp3) is 0.360. The second-order valence-corrected chi connectivity index (χ2v) is 8.53. The predicted molar refractivity (Wildman–Crippen MR) is 121 cm³/mol. The van der Waals surface area contributed by atoms with Crippen molar-refractivity contribution in [1.82, 2.24) is 14.9 Å². The van der Waals surface area contributed by atoms with Crippen molar-refractivity contribution in [3.8, 4) is 28.7 Å². The third-order valence-corrected chi connectivity index (χ3v) is 6.34. The summed E-state index contributed by atoms with van der Waals surface area (Å²) in [6, 6.07) is 11.7. The molecular weight excluding hydrogens is 422 g/mol. The maximum absolute atomic E-state index is 6.04. The highest BCUT2D eigenvalue weighted by Crippen LogP contribution is 2.44. The normalized spacial score (nSPS) is 18.2. The molecule has 2 aliphatic heterocycles. The highest BCUT2D eigenvalue weighted by Gasteiger charge is 2.27. The highest BCUT2D eigenvalue weighted by molar-refractivity contribution is 5.72. The van der Waals surface area contributed by atoms with Crippen molar-refractivity contribution < 1.29 is 23.0 Å². The molecule has 8 nitrogen and oxygen atoms in total. The molecule has 0 N–H and O–H groups in total. The van der Waals surface area contributed by atoms with Gasteiger partial charge in [0.05, 0.1) is 12.8 Å². The van der Waals surface area contributed by atoms with Gasteiger partial charge in [0.15, 0.2) is 23.0 Å². The lowest BCUT2D eigenvalue weighted by Crippen LogP contribution is -2.34. The van der Waals surface area contributed by atoms with Gasteiger partial charge in [0.2, 0.25) is 18.4 Å². The molecule has 1 saturated heterocycles. The molecule has 1 atom stereocenters. The monoisotopic (exact) mass is 447 g/mol. The van der Waals surface area contributed by atoms with Crippen LogP contribution in [0.2, 0.25) is 0 Å². The van der Waals surface area contributed by atoms with Crippen LogP contribution in [0.4, 0.5) is 0 Å². The number of rotatable bonds is 5. The number of fused-ring (bicyclic) bond motifs is 2. The minimum Gasteiger partial charge on any atom is -0.493 e. The summed E-state index contributed by atoms with van der Waals surface area (Å²) in [5.74, 6) is 4.32. The Balaban J connectivity index is 1.21. The lowest BCUT2D eigenvalue weighted by molar-refractivity contribution is 0.171. The van der Waals surface area contributed by atoms with Crippen molar-refractivity contribution in [3.63, 3.8) is 0 Å². The minimum atomic E-state index is 0.182. The molecular formula is C25H25N3O5. The van der Waals surface area contributed by atoms with E-state index in [0.717, 1.165) is 59.9 Å². The van der Waals surface area contributed by atoms with Gasteiger partial charge in [-0.1, -0.05) is 12.1 Å². The van der Waals surface area contributed by atoms with Gasteiger partial charge in [-0.3, -0.25) is 4.90 Å². The molecule has 2 aromatic carbocycles. The lowest BCUT2D eigenvalue weighted by atomic mass is 9.98. The number of aryl methyl sites for hydroxylation is 1. The molecule has 2 aromatic heterocycles. The molecule has 1 fully saturated rings. The Kier molecular flexibility index (Phi) is 4.95. The Hall–Kier alpha value is -3.52. The quantitative estimate of drug-likeness (QED) is 0.427. The molecule has 6 rings (SSSR count). The highest BCUT2D eigenvalue weighted by atomic mass is 16.7. The smallest absolute Gasteiger partial charge is 0.231 e. The number of benzene rings is 2. The summed E-state index contributed by atoms with van der Waals surface area (Å²) >= 11 is 0. The van der Waals surface area contributed by atoms with Crippen LogP contribution in [0.15, 0.2) is 45.2 Å². The van der Waals surface area contributed by atoms with Gasteiger partial charge < -0.3 is 23.0 Å². The molecule has 0 bridgehead atoms. The largest absolute Gasteiger partial charge is 0.493 e. The zero-order chi connectivity index (χ0) is 22.4. The van der Waals surface area contributed by atoms with Gasteiger partial charge in [0, 0.05) is 24.6 Å². The van der Waals surface area contributed by atoms with Crippen LogP contribution >= 0.6 is 0 Å². The fourth-order valence-corrected chi connectivity index (χ4v) is 4.63. The van der Waals surface area contributed by atoms with Crippen molar-refractivity contribution in [1.29, 1.82) is 0 Å². The second-order valence-electron chi connectivity index (χ2n) is 8.53. The number of oxazole rings is 2. The van der Waals surface area contributed by atoms with E-state index in [1.165, 1.54) is 0 Å². The van der Waals surface area contributed by atoms with Crippen molar-refractivity contribution >= 4 is 11.1 Å². The Morgan fingerprint density at radius 3 is 2.91 bits per heavy atom. The van der Waals surface area contributed by atoms with Crippen LogP contribution in [0.1, 0.15) is 36.1 Å². The lowest BCUT2D eigenvalue weighted by Gasteiger charge is -2.30. The van der Waals surface area contributed by atoms with Gasteiger partial charge in [-0.05, 0) is 50.6 Å². The summed E-state index contributed by atoms with van der Waals surface area (Å²) in [4.78, 5) is 11.9. The van der Waals surface area contributed by atoms with E-state index in [-0.39, 0.29) is 12.7 Å². The van der Waals surface area contributed by atoms with E-state index in [1.807, 2.05) is 43.3 Å². The predicted octanol–water partition coefficient (Wildman–Crippen LogP) is 4.91. The molecule has 8 heteroatoms. The van der Waals surface area contributed by atoms with E-state index in [2.05, 4.69) is 4.90 Å². The summed E-state index contributed by atoms with van der Waals surface area (Å²) in [7, 11) is 1.61. The van der Waals surface area contributed by atoms with E-state index >= 15 is 0 Å². The molecule has 0 spiro atoms. The first-order chi connectivity index (χ1) is 16.2. The van der Waals surface area contributed by atoms with E-state index in [0.29, 0.717) is 29.7 Å². The molecule has 170 valence electrons. The number of likely N-dealkylation sites (tertiary alicyclic amines) is 1. The molecule has 0 aliphatic carbocycles. The van der Waals surface area contributed by atoms with E-state index in [1.54, 1.807) is 7.11 Å². The SMILES string of the molecule is COc1cc(-c2nc(CN3CCC[C@@H](c4nc5ccccc5o4)C3)c(C)o2)cc2c1OCO2. The Bertz CT molecular complexity index is 1280. The van der Waals surface area contributed by atoms with Crippen LogP contribution in [0.3, 0.4) is 0 Å². The average Bonchev–Trinajstić information content (AvgIpc) is 3.57. The minimum absolute atomic E-state index is 0.182. The summed E-state index contributed by atoms with van der Waals surface area (Å²) < 4.78 is 28.6. The van der Waals surface area contributed by atoms with Gasteiger partial charge in [0.25, 0.3) is 0 Å². The van der Waals surface area contributed by atoms with Crippen LogP contribution < -0.4 is 14.2 Å². The average molecular weight is 447 g/mol. The van der Waals surface area contributed by atoms with Gasteiger partial charge in [0.1, 0.15) is 11.3 Å². The Morgan fingerprint density at radius 1 is 1.12 bits per heavy atom. The van der Waals surface area contributed by atoms with Crippen LogP contribution in [0.25, 0.3) is 22.6 Å². The number of para-hydroxylation sites is 2. The Labute approximate surface area is 191 Å². The first-order valence-electron chi connectivity index (χ1n) is 11.2. The summed E-state index contributed by atoms with van der Waals surface area (Å²) in [5.41, 5.74) is 3.50. The number of hydrogen-bond acceptors (Lipinski definition) is 8. The number of hydrogen-bond donors (Lipinski definition) is 0. The van der Waals surface area contributed by atoms with Crippen molar-refractivity contribution in [2.24, 2.45) is 0 Å². The molecule has 4 heterocycles. The molecule has 2 aliphatic rings. The number of methoxy groups -OCH3 is 1. The number of aromatic nitrogens is 2. The second kappa shape index (κ2) is 8.12. The summed E-state index contributed by atoms with van der Waals surface area (Å²) in [5, 5.41) is 0. The van der Waals surface area contributed by atoms with E-state index in [9.17, 15) is 0 Å². The van der Waals surface area contributed by atoms with Crippen molar-refractivity contribution in [2.75, 3.05) is 27.0 Å². The summed E-state index contributed by atoms with van der Waals surface area (Å²) in [6.07, 6.45) is 2.16.